The number of aromatic nitrogens is 3. The summed E-state index contributed by atoms with van der Waals surface area (Å²) >= 11 is 1.44. The van der Waals surface area contributed by atoms with Crippen LogP contribution in [-0.4, -0.2) is 35.0 Å². The van der Waals surface area contributed by atoms with Gasteiger partial charge in [0.1, 0.15) is 11.5 Å². The second-order valence-corrected chi connectivity index (χ2v) is 7.04. The maximum Gasteiger partial charge on any atom is 0.265 e. The lowest BCUT2D eigenvalue weighted by Crippen LogP contribution is -2.20. The molecule has 0 aliphatic heterocycles. The Balaban J connectivity index is 2.01. The number of methoxy groups -OCH3 is 2. The van der Waals surface area contributed by atoms with Crippen LogP contribution in [-0.2, 0) is 0 Å². The molecule has 29 heavy (non-hydrogen) atoms. The summed E-state index contributed by atoms with van der Waals surface area (Å²) < 4.78 is 12.1. The molecule has 6 nitrogen and oxygen atoms in total. The summed E-state index contributed by atoms with van der Waals surface area (Å²) in [6.07, 6.45) is 5.43. The highest BCUT2D eigenvalue weighted by atomic mass is 32.2. The number of thioether (sulfide) groups is 1. The van der Waals surface area contributed by atoms with Crippen LogP contribution in [0.2, 0.25) is 0 Å². The monoisotopic (exact) mass is 405 g/mol. The third-order valence-electron chi connectivity index (χ3n) is 4.64. The number of pyridine rings is 1. The molecule has 146 valence electrons. The molecule has 2 aromatic heterocycles. The number of benzene rings is 2. The summed E-state index contributed by atoms with van der Waals surface area (Å²) in [7, 11) is 3.22. The maximum absolute atomic E-state index is 13.5. The van der Waals surface area contributed by atoms with Crippen LogP contribution in [0.3, 0.4) is 0 Å². The summed E-state index contributed by atoms with van der Waals surface area (Å²) in [6.45, 7) is 0. The van der Waals surface area contributed by atoms with Crippen molar-refractivity contribution in [2.24, 2.45) is 0 Å². The van der Waals surface area contributed by atoms with Gasteiger partial charge in [-0.3, -0.25) is 9.36 Å². The Hall–Kier alpha value is -3.32. The van der Waals surface area contributed by atoms with Gasteiger partial charge in [-0.05, 0) is 48.2 Å². The second-order valence-electron chi connectivity index (χ2n) is 6.27. The number of hydrogen-bond acceptors (Lipinski definition) is 6. The molecule has 0 aliphatic rings. The van der Waals surface area contributed by atoms with E-state index in [4.69, 9.17) is 9.47 Å². The van der Waals surface area contributed by atoms with Crippen LogP contribution >= 0.6 is 11.8 Å². The second kappa shape index (κ2) is 7.97. The normalized spacial score (nSPS) is 10.9. The molecule has 4 aromatic rings. The molecule has 0 radical (unpaired) electrons. The predicted octanol–water partition coefficient (Wildman–Crippen LogP) is 4.19. The highest BCUT2D eigenvalue weighted by molar-refractivity contribution is 7.98. The number of hydrogen-bond donors (Lipinski definition) is 0. The Labute approximate surface area is 172 Å². The van der Waals surface area contributed by atoms with Gasteiger partial charge in [0.25, 0.3) is 5.56 Å². The first kappa shape index (κ1) is 19.0. The quantitative estimate of drug-likeness (QED) is 0.366. The lowest BCUT2D eigenvalue weighted by molar-refractivity contribution is 0.414. The zero-order valence-corrected chi connectivity index (χ0v) is 17.1. The Morgan fingerprint density at radius 3 is 2.14 bits per heavy atom. The van der Waals surface area contributed by atoms with Gasteiger partial charge < -0.3 is 9.47 Å². The van der Waals surface area contributed by atoms with Gasteiger partial charge in [-0.15, -0.1) is 0 Å². The van der Waals surface area contributed by atoms with Crippen molar-refractivity contribution in [2.45, 2.75) is 5.16 Å². The van der Waals surface area contributed by atoms with Gasteiger partial charge in [-0.25, -0.2) is 9.97 Å². The van der Waals surface area contributed by atoms with Crippen LogP contribution in [0.1, 0.15) is 0 Å². The van der Waals surface area contributed by atoms with Crippen molar-refractivity contribution < 1.29 is 9.47 Å². The standard InChI is InChI=1S/C22H19N3O3S/c1-27-17-8-4-14(5-9-17)19-20-15(12-23-22(24-20)29-3)13-25(21(19)26)16-6-10-18(28-2)11-7-16/h4-13H,1-3H3. The van der Waals surface area contributed by atoms with Gasteiger partial charge in [0.15, 0.2) is 5.16 Å². The molecular weight excluding hydrogens is 386 g/mol. The van der Waals surface area contributed by atoms with Crippen LogP contribution in [0.25, 0.3) is 27.7 Å². The summed E-state index contributed by atoms with van der Waals surface area (Å²) in [6, 6.07) is 14.8. The molecule has 2 heterocycles. The molecule has 0 N–H and O–H groups in total. The Kier molecular flexibility index (Phi) is 5.22. The van der Waals surface area contributed by atoms with Crippen molar-refractivity contribution >= 4 is 22.7 Å². The Morgan fingerprint density at radius 1 is 0.931 bits per heavy atom. The minimum Gasteiger partial charge on any atom is -0.497 e. The van der Waals surface area contributed by atoms with E-state index in [0.717, 1.165) is 28.1 Å². The predicted molar refractivity (Wildman–Crippen MR) is 115 cm³/mol. The summed E-state index contributed by atoms with van der Waals surface area (Å²) in [4.78, 5) is 22.5. The van der Waals surface area contributed by atoms with Gasteiger partial charge in [0, 0.05) is 23.5 Å². The fourth-order valence-electron chi connectivity index (χ4n) is 3.14. The minimum absolute atomic E-state index is 0.154. The van der Waals surface area contributed by atoms with Crippen molar-refractivity contribution in [3.05, 3.63) is 71.3 Å². The average Bonchev–Trinajstić information content (AvgIpc) is 2.78. The van der Waals surface area contributed by atoms with Crippen molar-refractivity contribution in [1.82, 2.24) is 14.5 Å². The fraction of sp³-hybridized carbons (Fsp3) is 0.136. The molecule has 0 amide bonds. The first-order chi connectivity index (χ1) is 14.1. The largest absolute Gasteiger partial charge is 0.497 e. The minimum atomic E-state index is -0.154. The van der Waals surface area contributed by atoms with Crippen molar-refractivity contribution in [3.8, 4) is 28.3 Å². The van der Waals surface area contributed by atoms with Crippen LogP contribution < -0.4 is 15.0 Å². The molecular formula is C22H19N3O3S. The summed E-state index contributed by atoms with van der Waals surface area (Å²) in [5, 5.41) is 1.40. The highest BCUT2D eigenvalue weighted by Crippen LogP contribution is 2.28. The van der Waals surface area contributed by atoms with Crippen LogP contribution in [0.4, 0.5) is 0 Å². The van der Waals surface area contributed by atoms with E-state index in [2.05, 4.69) is 9.97 Å². The van der Waals surface area contributed by atoms with Gasteiger partial charge in [0.2, 0.25) is 0 Å². The molecule has 7 heteroatoms. The van der Waals surface area contributed by atoms with Crippen molar-refractivity contribution in [1.29, 1.82) is 0 Å². The number of rotatable bonds is 5. The lowest BCUT2D eigenvalue weighted by atomic mass is 10.0. The molecule has 0 unspecified atom stereocenters. The zero-order valence-electron chi connectivity index (χ0n) is 16.2. The summed E-state index contributed by atoms with van der Waals surface area (Å²) in [5.41, 5.74) is 2.51. The van der Waals surface area contributed by atoms with E-state index in [1.807, 2.05) is 54.8 Å². The van der Waals surface area contributed by atoms with Crippen LogP contribution in [0.15, 0.2) is 70.9 Å². The third-order valence-corrected chi connectivity index (χ3v) is 5.21. The number of fused-ring (bicyclic) bond motifs is 1. The molecule has 2 aromatic carbocycles. The van der Waals surface area contributed by atoms with Crippen molar-refractivity contribution in [2.75, 3.05) is 20.5 Å². The molecule has 0 aliphatic carbocycles. The van der Waals surface area contributed by atoms with E-state index >= 15 is 0 Å². The first-order valence-corrected chi connectivity index (χ1v) is 10.1. The third kappa shape index (κ3) is 3.56. The highest BCUT2D eigenvalue weighted by Gasteiger charge is 2.16. The molecule has 0 bridgehead atoms. The first-order valence-electron chi connectivity index (χ1n) is 8.90. The van der Waals surface area contributed by atoms with Crippen LogP contribution in [0, 0.1) is 0 Å². The maximum atomic E-state index is 13.5. The van der Waals surface area contributed by atoms with Gasteiger partial charge >= 0.3 is 0 Å². The Bertz CT molecular complexity index is 1220. The number of ether oxygens (including phenoxy) is 2. The van der Waals surface area contributed by atoms with E-state index in [-0.39, 0.29) is 5.56 Å². The SMILES string of the molecule is COc1ccc(-c2c(=O)n(-c3ccc(OC)cc3)cc3cnc(SC)nc23)cc1. The van der Waals surface area contributed by atoms with E-state index in [1.165, 1.54) is 11.8 Å². The number of nitrogens with zero attached hydrogens (tertiary/aromatic N) is 3. The van der Waals surface area contributed by atoms with E-state index in [0.29, 0.717) is 16.2 Å². The van der Waals surface area contributed by atoms with E-state index in [1.54, 1.807) is 31.2 Å². The molecule has 4 rings (SSSR count). The Morgan fingerprint density at radius 2 is 1.55 bits per heavy atom. The molecule has 0 saturated heterocycles. The molecule has 0 spiro atoms. The van der Waals surface area contributed by atoms with E-state index < -0.39 is 0 Å². The van der Waals surface area contributed by atoms with Gasteiger partial charge in [0.05, 0.1) is 25.3 Å². The molecule has 0 saturated carbocycles. The van der Waals surface area contributed by atoms with Crippen LogP contribution in [0.5, 0.6) is 11.5 Å². The zero-order chi connectivity index (χ0) is 20.4. The lowest BCUT2D eigenvalue weighted by Gasteiger charge is -2.13. The van der Waals surface area contributed by atoms with E-state index in [9.17, 15) is 4.79 Å². The summed E-state index contributed by atoms with van der Waals surface area (Å²) in [5.74, 6) is 1.45. The topological polar surface area (TPSA) is 66.2 Å². The van der Waals surface area contributed by atoms with Gasteiger partial charge in [-0.2, -0.15) is 0 Å². The average molecular weight is 405 g/mol. The van der Waals surface area contributed by atoms with Crippen molar-refractivity contribution in [3.63, 3.8) is 0 Å². The van der Waals surface area contributed by atoms with Gasteiger partial charge in [-0.1, -0.05) is 23.9 Å². The fourth-order valence-corrected chi connectivity index (χ4v) is 3.48. The smallest absolute Gasteiger partial charge is 0.265 e. The molecule has 0 atom stereocenters. The molecule has 0 fully saturated rings.